The molecule has 0 aliphatic heterocycles. The Balaban J connectivity index is 4.95. The third-order valence-electron chi connectivity index (χ3n) is 0.836. The summed E-state index contributed by atoms with van der Waals surface area (Å²) in [5.41, 5.74) is 0. The third kappa shape index (κ3) is 1.74. The first-order chi connectivity index (χ1) is 5.06. The fourth-order valence-corrected chi connectivity index (χ4v) is 0.423. The van der Waals surface area contributed by atoms with Gasteiger partial charge in [0.05, 0.1) is 11.9 Å². The summed E-state index contributed by atoms with van der Waals surface area (Å²) in [5.74, 6) is -5.82. The molecule has 0 aliphatic carbocycles. The van der Waals surface area contributed by atoms with Gasteiger partial charge in [-0.1, -0.05) is 0 Å². The van der Waals surface area contributed by atoms with Crippen LogP contribution >= 0.6 is 11.9 Å². The minimum atomic E-state index is -6.26. The van der Waals surface area contributed by atoms with Gasteiger partial charge < -0.3 is 0 Å². The van der Waals surface area contributed by atoms with Crippen LogP contribution in [0.15, 0.2) is 0 Å². The maximum Gasteiger partial charge on any atom is 0.459 e. The molecule has 0 saturated heterocycles. The molecule has 0 aromatic heterocycles. The zero-order valence-electron chi connectivity index (χ0n) is 4.93. The normalized spacial score (nSPS) is 15.0. The number of rotatable bonds is 1. The van der Waals surface area contributed by atoms with E-state index in [1.807, 2.05) is 0 Å². The quantitative estimate of drug-likeness (QED) is 0.618. The molecule has 9 heteroatoms. The van der Waals surface area contributed by atoms with Crippen molar-refractivity contribution in [2.45, 2.75) is 18.2 Å². The monoisotopic (exact) mass is 220 g/mol. The average Bonchev–Trinajstić information content (AvgIpc) is 1.81. The summed E-state index contributed by atoms with van der Waals surface area (Å²) < 4.78 is 81.9. The molecule has 0 aromatic rings. The van der Waals surface area contributed by atoms with E-state index in [1.165, 1.54) is 0 Å². The summed E-state index contributed by atoms with van der Waals surface area (Å²) in [6.07, 6.45) is -12.5. The van der Waals surface area contributed by atoms with Gasteiger partial charge in [0.2, 0.25) is 0 Å². The molecule has 0 N–H and O–H groups in total. The molecular formula is C3ClF7O. The third-order valence-corrected chi connectivity index (χ3v) is 1.05. The zero-order chi connectivity index (χ0) is 10.2. The summed E-state index contributed by atoms with van der Waals surface area (Å²) in [7, 11) is 0. The highest BCUT2D eigenvalue weighted by molar-refractivity contribution is 6.07. The van der Waals surface area contributed by atoms with Crippen molar-refractivity contribution in [2.75, 3.05) is 0 Å². The zero-order valence-corrected chi connectivity index (χ0v) is 5.69. The highest BCUT2D eigenvalue weighted by Crippen LogP contribution is 2.47. The van der Waals surface area contributed by atoms with Crippen molar-refractivity contribution >= 4 is 11.9 Å². The molecule has 0 radical (unpaired) electrons. The lowest BCUT2D eigenvalue weighted by Gasteiger charge is -2.25. The Morgan fingerprint density at radius 2 is 1.00 bits per heavy atom. The van der Waals surface area contributed by atoms with E-state index in [0.717, 1.165) is 0 Å². The van der Waals surface area contributed by atoms with Crippen LogP contribution in [0.25, 0.3) is 0 Å². The molecule has 0 fully saturated rings. The van der Waals surface area contributed by atoms with E-state index < -0.39 is 18.2 Å². The van der Waals surface area contributed by atoms with Crippen LogP contribution in [0.4, 0.5) is 30.7 Å². The van der Waals surface area contributed by atoms with Crippen LogP contribution in [0.1, 0.15) is 0 Å². The molecule has 0 aromatic carbocycles. The van der Waals surface area contributed by atoms with Crippen molar-refractivity contribution in [2.24, 2.45) is 0 Å². The molecule has 0 aliphatic rings. The second kappa shape index (κ2) is 2.91. The van der Waals surface area contributed by atoms with Crippen molar-refractivity contribution in [1.29, 1.82) is 0 Å². The standard InChI is InChI=1S/C3ClF7O/c4-12-1(5,2(6,7)8)3(9,10)11. The fourth-order valence-electron chi connectivity index (χ4n) is 0.248. The lowest BCUT2D eigenvalue weighted by atomic mass is 10.3. The van der Waals surface area contributed by atoms with Crippen LogP contribution in [0, 0.1) is 0 Å². The SMILES string of the molecule is FC(F)(F)C(F)(OCl)C(F)(F)F. The predicted molar refractivity (Wildman–Crippen MR) is 22.9 cm³/mol. The number of hydrogen-bond donors (Lipinski definition) is 0. The molecule has 0 heterocycles. The topological polar surface area (TPSA) is 9.23 Å². The molecule has 74 valence electrons. The smallest absolute Gasteiger partial charge is 0.221 e. The molecule has 0 unspecified atom stereocenters. The van der Waals surface area contributed by atoms with Gasteiger partial charge in [0.1, 0.15) is 0 Å². The first kappa shape index (κ1) is 11.8. The van der Waals surface area contributed by atoms with Gasteiger partial charge >= 0.3 is 18.2 Å². The predicted octanol–water partition coefficient (Wildman–Crippen LogP) is 2.95. The first-order valence-electron chi connectivity index (χ1n) is 2.18. The molecule has 0 rings (SSSR count). The molecule has 0 amide bonds. The molecule has 0 atom stereocenters. The van der Waals surface area contributed by atoms with Crippen LogP contribution < -0.4 is 0 Å². The second-order valence-electron chi connectivity index (χ2n) is 1.67. The summed E-state index contributed by atoms with van der Waals surface area (Å²) >= 11 is 3.76. The van der Waals surface area contributed by atoms with Gasteiger partial charge in [-0.3, -0.25) is 0 Å². The van der Waals surface area contributed by atoms with Crippen molar-refractivity contribution in [3.8, 4) is 0 Å². The van der Waals surface area contributed by atoms with Gasteiger partial charge in [0, 0.05) is 0 Å². The molecular weight excluding hydrogens is 220 g/mol. The number of halogens is 8. The maximum atomic E-state index is 11.9. The van der Waals surface area contributed by atoms with E-state index in [2.05, 4.69) is 16.2 Å². The first-order valence-corrected chi connectivity index (χ1v) is 2.49. The van der Waals surface area contributed by atoms with Crippen molar-refractivity contribution in [3.05, 3.63) is 0 Å². The minimum absolute atomic E-state index is 2.22. The molecule has 1 nitrogen and oxygen atoms in total. The Hall–Kier alpha value is -0.240. The molecule has 0 saturated carbocycles. The van der Waals surface area contributed by atoms with Gasteiger partial charge in [-0.25, -0.2) is 4.29 Å². The van der Waals surface area contributed by atoms with Crippen LogP contribution in [0.3, 0.4) is 0 Å². The van der Waals surface area contributed by atoms with Crippen LogP contribution in [0.2, 0.25) is 0 Å². The molecule has 0 bridgehead atoms. The Morgan fingerprint density at radius 1 is 0.750 bits per heavy atom. The Bertz CT molecular complexity index is 145. The van der Waals surface area contributed by atoms with Gasteiger partial charge in [0.25, 0.3) is 0 Å². The lowest BCUT2D eigenvalue weighted by Crippen LogP contribution is -2.53. The van der Waals surface area contributed by atoms with E-state index in [9.17, 15) is 30.7 Å². The lowest BCUT2D eigenvalue weighted by molar-refractivity contribution is -0.405. The summed E-state index contributed by atoms with van der Waals surface area (Å²) in [6, 6.07) is 0. The van der Waals surface area contributed by atoms with Gasteiger partial charge in [0.15, 0.2) is 0 Å². The second-order valence-corrected chi connectivity index (χ2v) is 1.82. The fraction of sp³-hybridized carbons (Fsp3) is 1.00. The van der Waals surface area contributed by atoms with E-state index in [4.69, 9.17) is 0 Å². The van der Waals surface area contributed by atoms with Crippen molar-refractivity contribution in [1.82, 2.24) is 0 Å². The van der Waals surface area contributed by atoms with Crippen LogP contribution in [-0.4, -0.2) is 18.2 Å². The largest absolute Gasteiger partial charge is 0.459 e. The number of hydrogen-bond acceptors (Lipinski definition) is 1. The highest BCUT2D eigenvalue weighted by atomic mass is 35.5. The van der Waals surface area contributed by atoms with Gasteiger partial charge in [-0.15, -0.1) is 0 Å². The Labute approximate surface area is 66.2 Å². The highest BCUT2D eigenvalue weighted by Gasteiger charge is 2.75. The van der Waals surface area contributed by atoms with Crippen molar-refractivity contribution < 1.29 is 35.0 Å². The average molecular weight is 220 g/mol. The van der Waals surface area contributed by atoms with Gasteiger partial charge in [-0.2, -0.15) is 30.7 Å². The van der Waals surface area contributed by atoms with Crippen LogP contribution in [-0.2, 0) is 4.29 Å². The summed E-state index contributed by atoms with van der Waals surface area (Å²) in [6.45, 7) is 0. The van der Waals surface area contributed by atoms with E-state index in [-0.39, 0.29) is 0 Å². The summed E-state index contributed by atoms with van der Waals surface area (Å²) in [4.78, 5) is 0. The molecule has 0 spiro atoms. The Morgan fingerprint density at radius 3 is 1.00 bits per heavy atom. The van der Waals surface area contributed by atoms with E-state index >= 15 is 0 Å². The Kier molecular flexibility index (Phi) is 2.85. The minimum Gasteiger partial charge on any atom is -0.221 e. The van der Waals surface area contributed by atoms with E-state index in [1.54, 1.807) is 0 Å². The number of alkyl halides is 7. The van der Waals surface area contributed by atoms with E-state index in [0.29, 0.717) is 0 Å². The summed E-state index contributed by atoms with van der Waals surface area (Å²) in [5, 5.41) is 0. The molecule has 12 heavy (non-hydrogen) atoms. The maximum absolute atomic E-state index is 11.9. The van der Waals surface area contributed by atoms with Crippen molar-refractivity contribution in [3.63, 3.8) is 0 Å². The van der Waals surface area contributed by atoms with Gasteiger partial charge in [-0.05, 0) is 0 Å². The van der Waals surface area contributed by atoms with Crippen LogP contribution in [0.5, 0.6) is 0 Å².